The largest absolute Gasteiger partial charge is 0.490 e. The Kier molecular flexibility index (Phi) is 7.09. The van der Waals surface area contributed by atoms with Crippen LogP contribution >= 0.6 is 49.9 Å². The van der Waals surface area contributed by atoms with Gasteiger partial charge in [-0.15, -0.1) is 11.3 Å². The topological polar surface area (TPSA) is 57.1 Å². The van der Waals surface area contributed by atoms with Crippen LogP contribution in [0.2, 0.25) is 0 Å². The van der Waals surface area contributed by atoms with Crippen molar-refractivity contribution in [3.05, 3.63) is 83.7 Å². The van der Waals surface area contributed by atoms with E-state index in [1.165, 1.54) is 11.3 Å². The molecule has 31 heavy (non-hydrogen) atoms. The summed E-state index contributed by atoms with van der Waals surface area (Å²) in [5, 5.41) is 1.91. The van der Waals surface area contributed by atoms with E-state index < -0.39 is 5.97 Å². The molecule has 1 aliphatic heterocycles. The average Bonchev–Trinajstić information content (AvgIpc) is 3.39. The summed E-state index contributed by atoms with van der Waals surface area (Å²) in [5.74, 6) is 1.16. The van der Waals surface area contributed by atoms with Gasteiger partial charge in [0.1, 0.15) is 6.61 Å². The van der Waals surface area contributed by atoms with Gasteiger partial charge in [-0.05, 0) is 82.4 Å². The Morgan fingerprint density at radius 2 is 2.00 bits per heavy atom. The van der Waals surface area contributed by atoms with E-state index in [4.69, 9.17) is 14.2 Å². The zero-order valence-corrected chi connectivity index (χ0v) is 21.0. The van der Waals surface area contributed by atoms with Crippen LogP contribution in [0, 0.1) is 3.57 Å². The first-order chi connectivity index (χ1) is 15.0. The third-order valence-corrected chi connectivity index (χ3v) is 6.47. The molecule has 8 heteroatoms. The second-order valence-electron chi connectivity index (χ2n) is 6.49. The first-order valence-corrected chi connectivity index (χ1v) is 12.2. The van der Waals surface area contributed by atoms with E-state index in [0.717, 1.165) is 24.0 Å². The Hall–Kier alpha value is -2.17. The summed E-state index contributed by atoms with van der Waals surface area (Å²) < 4.78 is 19.1. The predicted octanol–water partition coefficient (Wildman–Crippen LogP) is 6.44. The molecule has 0 unspecified atom stereocenters. The number of esters is 1. The van der Waals surface area contributed by atoms with Gasteiger partial charge < -0.3 is 14.2 Å². The van der Waals surface area contributed by atoms with Crippen LogP contribution in [0.3, 0.4) is 0 Å². The Morgan fingerprint density at radius 3 is 2.71 bits per heavy atom. The summed E-state index contributed by atoms with van der Waals surface area (Å²) in [6.45, 7) is 2.83. The molecule has 0 aliphatic carbocycles. The number of carbonyl (C=O) groups is 1. The van der Waals surface area contributed by atoms with Gasteiger partial charge in [-0.25, -0.2) is 9.79 Å². The van der Waals surface area contributed by atoms with Gasteiger partial charge in [0.15, 0.2) is 17.2 Å². The minimum absolute atomic E-state index is 0.255. The van der Waals surface area contributed by atoms with Crippen molar-refractivity contribution in [3.8, 4) is 11.5 Å². The fourth-order valence-electron chi connectivity index (χ4n) is 2.88. The summed E-state index contributed by atoms with van der Waals surface area (Å²) in [5.41, 5.74) is 2.09. The van der Waals surface area contributed by atoms with Crippen molar-refractivity contribution < 1.29 is 19.0 Å². The number of aliphatic imine (C=N–C) groups is 1. The smallest absolute Gasteiger partial charge is 0.363 e. The molecule has 0 amide bonds. The number of ether oxygens (including phenoxy) is 3. The Labute approximate surface area is 206 Å². The van der Waals surface area contributed by atoms with Crippen molar-refractivity contribution in [1.29, 1.82) is 0 Å². The number of thiophene rings is 1. The van der Waals surface area contributed by atoms with Crippen molar-refractivity contribution in [2.24, 2.45) is 4.99 Å². The summed E-state index contributed by atoms with van der Waals surface area (Å²) in [6, 6.07) is 15.5. The van der Waals surface area contributed by atoms with Gasteiger partial charge in [0.2, 0.25) is 5.90 Å². The van der Waals surface area contributed by atoms with E-state index in [0.29, 0.717) is 30.6 Å². The minimum Gasteiger partial charge on any atom is -0.490 e. The van der Waals surface area contributed by atoms with Crippen LogP contribution in [0.4, 0.5) is 0 Å². The molecule has 0 bridgehead atoms. The second-order valence-corrected chi connectivity index (χ2v) is 9.52. The van der Waals surface area contributed by atoms with Crippen molar-refractivity contribution >= 4 is 67.8 Å². The van der Waals surface area contributed by atoms with Crippen molar-refractivity contribution in [1.82, 2.24) is 0 Å². The van der Waals surface area contributed by atoms with Crippen molar-refractivity contribution in [2.45, 2.75) is 13.5 Å². The first-order valence-electron chi connectivity index (χ1n) is 9.43. The lowest BCUT2D eigenvalue weighted by molar-refractivity contribution is -0.129. The minimum atomic E-state index is -0.466. The van der Waals surface area contributed by atoms with Crippen LogP contribution in [0.1, 0.15) is 22.9 Å². The molecular formula is C23H17BrINO4S. The van der Waals surface area contributed by atoms with Gasteiger partial charge in [0.25, 0.3) is 0 Å². The van der Waals surface area contributed by atoms with E-state index in [-0.39, 0.29) is 5.70 Å². The molecule has 3 aromatic rings. The average molecular weight is 610 g/mol. The van der Waals surface area contributed by atoms with Crippen molar-refractivity contribution in [3.63, 3.8) is 0 Å². The molecule has 1 aromatic heterocycles. The van der Waals surface area contributed by atoms with Crippen LogP contribution in [0.5, 0.6) is 11.5 Å². The van der Waals surface area contributed by atoms with Crippen molar-refractivity contribution in [2.75, 3.05) is 6.61 Å². The summed E-state index contributed by atoms with van der Waals surface area (Å²) in [4.78, 5) is 17.4. The van der Waals surface area contributed by atoms with Gasteiger partial charge in [-0.3, -0.25) is 0 Å². The number of hydrogen-bond donors (Lipinski definition) is 0. The maximum atomic E-state index is 12.3. The van der Waals surface area contributed by atoms with Gasteiger partial charge >= 0.3 is 5.97 Å². The molecule has 0 saturated carbocycles. The van der Waals surface area contributed by atoms with Crippen LogP contribution in [0.15, 0.2) is 69.1 Å². The number of nitrogens with zero attached hydrogens (tertiary/aromatic N) is 1. The highest BCUT2D eigenvalue weighted by atomic mass is 127. The monoisotopic (exact) mass is 609 g/mol. The highest BCUT2D eigenvalue weighted by molar-refractivity contribution is 14.1. The van der Waals surface area contributed by atoms with E-state index in [9.17, 15) is 4.79 Å². The third-order valence-electron chi connectivity index (χ3n) is 4.28. The summed E-state index contributed by atoms with van der Waals surface area (Å²) in [6.07, 6.45) is 1.70. The van der Waals surface area contributed by atoms with Gasteiger partial charge in [-0.1, -0.05) is 34.1 Å². The van der Waals surface area contributed by atoms with E-state index in [1.807, 2.05) is 60.8 Å². The SMILES string of the molecule is CCOc1cc(/C=C2\N=C(c3cccs3)OC2=O)cc(I)c1OCc1ccc(Br)cc1. The molecular weight excluding hydrogens is 593 g/mol. The fourth-order valence-corrected chi connectivity index (χ4v) is 4.58. The van der Waals surface area contributed by atoms with E-state index in [1.54, 1.807) is 6.08 Å². The van der Waals surface area contributed by atoms with Crippen LogP contribution in [0.25, 0.3) is 6.08 Å². The van der Waals surface area contributed by atoms with Gasteiger partial charge in [-0.2, -0.15) is 0 Å². The number of carbonyl (C=O) groups excluding carboxylic acids is 1. The molecule has 0 radical (unpaired) electrons. The molecule has 1 aliphatic rings. The lowest BCUT2D eigenvalue weighted by Crippen LogP contribution is -2.04. The fraction of sp³-hybridized carbons (Fsp3) is 0.130. The predicted molar refractivity (Wildman–Crippen MR) is 134 cm³/mol. The molecule has 0 N–H and O–H groups in total. The summed E-state index contributed by atoms with van der Waals surface area (Å²) >= 11 is 7.12. The number of cyclic esters (lactones) is 1. The highest BCUT2D eigenvalue weighted by Crippen LogP contribution is 2.36. The zero-order chi connectivity index (χ0) is 21.8. The lowest BCUT2D eigenvalue weighted by Gasteiger charge is -2.15. The maximum Gasteiger partial charge on any atom is 0.363 e. The molecule has 158 valence electrons. The molecule has 0 atom stereocenters. The number of hydrogen-bond acceptors (Lipinski definition) is 6. The Morgan fingerprint density at radius 1 is 1.19 bits per heavy atom. The third kappa shape index (κ3) is 5.36. The number of rotatable bonds is 7. The Balaban J connectivity index is 1.60. The molecule has 2 heterocycles. The van der Waals surface area contributed by atoms with Crippen LogP contribution in [-0.2, 0) is 16.1 Å². The maximum absolute atomic E-state index is 12.3. The van der Waals surface area contributed by atoms with E-state index in [2.05, 4.69) is 43.5 Å². The molecule has 0 spiro atoms. The van der Waals surface area contributed by atoms with Crippen LogP contribution in [-0.4, -0.2) is 18.5 Å². The summed E-state index contributed by atoms with van der Waals surface area (Å²) in [7, 11) is 0. The lowest BCUT2D eigenvalue weighted by atomic mass is 10.1. The molecule has 4 rings (SSSR count). The quantitative estimate of drug-likeness (QED) is 0.176. The second kappa shape index (κ2) is 9.97. The number of benzene rings is 2. The Bertz CT molecular complexity index is 1160. The van der Waals surface area contributed by atoms with E-state index >= 15 is 0 Å². The van der Waals surface area contributed by atoms with Gasteiger partial charge in [0, 0.05) is 4.47 Å². The van der Waals surface area contributed by atoms with Crippen LogP contribution < -0.4 is 9.47 Å². The first kappa shape index (κ1) is 22.0. The standard InChI is InChI=1S/C23H17BrINO4S/c1-2-28-19-12-15(11-18-23(27)30-22(26-18)20-4-3-9-31-20)10-17(25)21(19)29-13-14-5-7-16(24)8-6-14/h3-12H,2,13H2,1H3/b18-11-. The zero-order valence-electron chi connectivity index (χ0n) is 16.4. The van der Waals surface area contributed by atoms with Gasteiger partial charge in [0.05, 0.1) is 15.1 Å². The normalized spacial score (nSPS) is 14.5. The molecule has 2 aromatic carbocycles. The molecule has 0 fully saturated rings. The number of halogens is 2. The molecule has 0 saturated heterocycles. The molecule has 5 nitrogen and oxygen atoms in total. The highest BCUT2D eigenvalue weighted by Gasteiger charge is 2.25.